The van der Waals surface area contributed by atoms with Crippen LogP contribution in [0.5, 0.6) is 0 Å². The van der Waals surface area contributed by atoms with Gasteiger partial charge in [0, 0.05) is 0 Å². The highest BCUT2D eigenvalue weighted by atomic mass is 32.2. The first kappa shape index (κ1) is 8.80. The Bertz CT molecular complexity index is 97.7. The molecule has 2 nitrogen and oxygen atoms in total. The van der Waals surface area contributed by atoms with Crippen molar-refractivity contribution < 1.29 is 0 Å². The second-order valence-electron chi connectivity index (χ2n) is 1.72. The summed E-state index contributed by atoms with van der Waals surface area (Å²) < 4.78 is 0. The fourth-order valence-corrected chi connectivity index (χ4v) is 1.13. The van der Waals surface area contributed by atoms with Gasteiger partial charge in [0.25, 0.3) is 0 Å². The summed E-state index contributed by atoms with van der Waals surface area (Å²) in [6.07, 6.45) is 0.814. The van der Waals surface area contributed by atoms with Gasteiger partial charge in [-0.3, -0.25) is 0 Å². The molecule has 0 radical (unpaired) electrons. The number of hydrogen-bond donors (Lipinski definition) is 1. The summed E-state index contributed by atoms with van der Waals surface area (Å²) in [5.41, 5.74) is 5.34. The highest BCUT2D eigenvalue weighted by Crippen LogP contribution is 2.01. The quantitative estimate of drug-likeness (QED) is 0.598. The first-order valence-corrected chi connectivity index (χ1v) is 4.19. The number of thioether (sulfide) groups is 1. The van der Waals surface area contributed by atoms with Crippen LogP contribution in [0.2, 0.25) is 0 Å². The summed E-state index contributed by atoms with van der Waals surface area (Å²) in [7, 11) is 0. The van der Waals surface area contributed by atoms with Gasteiger partial charge in [-0.25, -0.2) is 0 Å². The molecule has 3 heteroatoms. The van der Waals surface area contributed by atoms with Gasteiger partial charge in [-0.1, -0.05) is 6.92 Å². The van der Waals surface area contributed by atoms with Crippen LogP contribution in [0.4, 0.5) is 0 Å². The van der Waals surface area contributed by atoms with Crippen molar-refractivity contribution in [1.29, 1.82) is 5.26 Å². The molecule has 1 atom stereocenters. The third-order valence-corrected chi connectivity index (χ3v) is 1.88. The van der Waals surface area contributed by atoms with Crippen molar-refractivity contribution >= 4 is 11.8 Å². The number of rotatable bonds is 4. The summed E-state index contributed by atoms with van der Waals surface area (Å²) >= 11 is 1.82. The Labute approximate surface area is 60.4 Å². The van der Waals surface area contributed by atoms with Gasteiger partial charge in [0.05, 0.1) is 12.1 Å². The molecule has 0 spiro atoms. The summed E-state index contributed by atoms with van der Waals surface area (Å²) in [6, 6.07) is 1.73. The van der Waals surface area contributed by atoms with Crippen LogP contribution in [0.15, 0.2) is 0 Å². The summed E-state index contributed by atoms with van der Waals surface area (Å²) in [4.78, 5) is 0. The largest absolute Gasteiger partial charge is 0.316 e. The Morgan fingerprint density at radius 1 is 1.78 bits per heavy atom. The van der Waals surface area contributed by atoms with Crippen molar-refractivity contribution in [2.45, 2.75) is 19.4 Å². The fourth-order valence-electron chi connectivity index (χ4n) is 0.419. The number of nitrogens with zero attached hydrogens (tertiary/aromatic N) is 1. The highest BCUT2D eigenvalue weighted by Gasteiger charge is 1.96. The van der Waals surface area contributed by atoms with Crippen molar-refractivity contribution in [2.24, 2.45) is 5.73 Å². The SMILES string of the molecule is CCSCCC(N)C#N. The molecule has 0 saturated carbocycles. The maximum absolute atomic E-state index is 8.25. The second kappa shape index (κ2) is 5.93. The topological polar surface area (TPSA) is 49.8 Å². The molecule has 9 heavy (non-hydrogen) atoms. The number of hydrogen-bond acceptors (Lipinski definition) is 3. The lowest BCUT2D eigenvalue weighted by Gasteiger charge is -1.98. The van der Waals surface area contributed by atoms with Crippen LogP contribution in [0.3, 0.4) is 0 Å². The first-order valence-electron chi connectivity index (χ1n) is 3.04. The second-order valence-corrected chi connectivity index (χ2v) is 3.12. The zero-order valence-electron chi connectivity index (χ0n) is 5.63. The van der Waals surface area contributed by atoms with Crippen LogP contribution in [-0.2, 0) is 0 Å². The fraction of sp³-hybridized carbons (Fsp3) is 0.833. The van der Waals surface area contributed by atoms with E-state index in [1.807, 2.05) is 17.8 Å². The molecule has 0 aliphatic carbocycles. The molecule has 0 amide bonds. The van der Waals surface area contributed by atoms with Gasteiger partial charge in [0.2, 0.25) is 0 Å². The Hall–Kier alpha value is -0.200. The maximum Gasteiger partial charge on any atom is 0.0935 e. The van der Waals surface area contributed by atoms with Crippen molar-refractivity contribution in [2.75, 3.05) is 11.5 Å². The van der Waals surface area contributed by atoms with E-state index in [2.05, 4.69) is 6.92 Å². The molecule has 0 aromatic carbocycles. The molecule has 0 aliphatic rings. The van der Waals surface area contributed by atoms with Crippen LogP contribution >= 0.6 is 11.8 Å². The molecule has 0 aromatic rings. The van der Waals surface area contributed by atoms with E-state index in [1.54, 1.807) is 0 Å². The van der Waals surface area contributed by atoms with Crippen molar-refractivity contribution in [1.82, 2.24) is 0 Å². The normalized spacial score (nSPS) is 12.6. The molecule has 0 saturated heterocycles. The molecule has 0 aromatic heterocycles. The average molecular weight is 144 g/mol. The van der Waals surface area contributed by atoms with Crippen LogP contribution in [-0.4, -0.2) is 17.5 Å². The Kier molecular flexibility index (Phi) is 5.80. The zero-order chi connectivity index (χ0) is 7.11. The van der Waals surface area contributed by atoms with E-state index in [1.165, 1.54) is 0 Å². The predicted molar refractivity (Wildman–Crippen MR) is 41.2 cm³/mol. The molecule has 52 valence electrons. The number of nitriles is 1. The third-order valence-electron chi connectivity index (χ3n) is 0.943. The van der Waals surface area contributed by atoms with Crippen LogP contribution in [0, 0.1) is 11.3 Å². The summed E-state index contributed by atoms with van der Waals surface area (Å²) in [5, 5.41) is 8.25. The lowest BCUT2D eigenvalue weighted by Crippen LogP contribution is -2.17. The molecule has 2 N–H and O–H groups in total. The molecule has 0 aliphatic heterocycles. The average Bonchev–Trinajstić information content (AvgIpc) is 1.89. The molecular weight excluding hydrogens is 132 g/mol. The van der Waals surface area contributed by atoms with Gasteiger partial charge in [-0.05, 0) is 17.9 Å². The molecule has 0 bridgehead atoms. The summed E-state index contributed by atoms with van der Waals surface area (Å²) in [5.74, 6) is 2.11. The maximum atomic E-state index is 8.25. The van der Waals surface area contributed by atoms with Crippen LogP contribution < -0.4 is 5.73 Å². The third kappa shape index (κ3) is 5.67. The first-order chi connectivity index (χ1) is 4.31. The van der Waals surface area contributed by atoms with Gasteiger partial charge in [-0.2, -0.15) is 17.0 Å². The smallest absolute Gasteiger partial charge is 0.0935 e. The molecular formula is C6H12N2S. The van der Waals surface area contributed by atoms with Crippen molar-refractivity contribution in [3.8, 4) is 6.07 Å². The van der Waals surface area contributed by atoms with E-state index in [9.17, 15) is 0 Å². The van der Waals surface area contributed by atoms with E-state index in [0.717, 1.165) is 17.9 Å². The Morgan fingerprint density at radius 2 is 2.44 bits per heavy atom. The Balaban J connectivity index is 2.99. The lowest BCUT2D eigenvalue weighted by molar-refractivity contribution is 0.803. The van der Waals surface area contributed by atoms with Gasteiger partial charge in [0.1, 0.15) is 0 Å². The molecule has 0 heterocycles. The minimum absolute atomic E-state index is 0.260. The van der Waals surface area contributed by atoms with E-state index >= 15 is 0 Å². The van der Waals surface area contributed by atoms with Gasteiger partial charge in [-0.15, -0.1) is 0 Å². The van der Waals surface area contributed by atoms with Gasteiger partial charge in [0.15, 0.2) is 0 Å². The number of nitrogens with two attached hydrogens (primary N) is 1. The minimum atomic E-state index is -0.260. The van der Waals surface area contributed by atoms with E-state index in [0.29, 0.717) is 0 Å². The monoisotopic (exact) mass is 144 g/mol. The molecule has 0 rings (SSSR count). The van der Waals surface area contributed by atoms with Gasteiger partial charge < -0.3 is 5.73 Å². The van der Waals surface area contributed by atoms with Crippen LogP contribution in [0.1, 0.15) is 13.3 Å². The van der Waals surface area contributed by atoms with E-state index < -0.39 is 0 Å². The standard InChI is InChI=1S/C6H12N2S/c1-2-9-4-3-6(8)5-7/h6H,2-4,8H2,1H3. The Morgan fingerprint density at radius 3 is 2.89 bits per heavy atom. The van der Waals surface area contributed by atoms with Crippen molar-refractivity contribution in [3.05, 3.63) is 0 Å². The highest BCUT2D eigenvalue weighted by molar-refractivity contribution is 7.99. The summed E-state index contributed by atoms with van der Waals surface area (Å²) in [6.45, 7) is 2.10. The van der Waals surface area contributed by atoms with E-state index in [4.69, 9.17) is 11.0 Å². The predicted octanol–water partition coefficient (Wildman–Crippen LogP) is 0.980. The zero-order valence-corrected chi connectivity index (χ0v) is 6.45. The van der Waals surface area contributed by atoms with Gasteiger partial charge >= 0.3 is 0 Å². The molecule has 0 fully saturated rings. The van der Waals surface area contributed by atoms with Crippen LogP contribution in [0.25, 0.3) is 0 Å². The minimum Gasteiger partial charge on any atom is -0.316 e. The lowest BCUT2D eigenvalue weighted by atomic mass is 10.3. The van der Waals surface area contributed by atoms with E-state index in [-0.39, 0.29) is 6.04 Å². The van der Waals surface area contributed by atoms with Crippen molar-refractivity contribution in [3.63, 3.8) is 0 Å². The molecule has 1 unspecified atom stereocenters.